The molecule has 1 aliphatic rings. The van der Waals surface area contributed by atoms with Gasteiger partial charge in [0.05, 0.1) is 16.8 Å². The smallest absolute Gasteiger partial charge is 0.235 e. The molecule has 2 heterocycles. The van der Waals surface area contributed by atoms with E-state index in [4.69, 9.17) is 0 Å². The third-order valence-electron chi connectivity index (χ3n) is 3.73. The molecule has 1 fully saturated rings. The molecule has 0 spiro atoms. The molecule has 7 nitrogen and oxygen atoms in total. The summed E-state index contributed by atoms with van der Waals surface area (Å²) in [4.78, 5) is 13.6. The number of amides is 1. The number of nitrogens with zero attached hydrogens (tertiary/aromatic N) is 4. The average Bonchev–Trinajstić information content (AvgIpc) is 3.02. The van der Waals surface area contributed by atoms with Crippen LogP contribution in [0.5, 0.6) is 0 Å². The first kappa shape index (κ1) is 18.0. The molecule has 1 aromatic heterocycles. The van der Waals surface area contributed by atoms with Gasteiger partial charge in [0.25, 0.3) is 0 Å². The van der Waals surface area contributed by atoms with E-state index in [0.717, 1.165) is 0 Å². The maximum atomic E-state index is 12.0. The van der Waals surface area contributed by atoms with Crippen LogP contribution in [0.2, 0.25) is 0 Å². The van der Waals surface area contributed by atoms with Gasteiger partial charge in [-0.1, -0.05) is 17.8 Å². The maximum Gasteiger partial charge on any atom is 0.235 e. The van der Waals surface area contributed by atoms with Gasteiger partial charge in [0.15, 0.2) is 15.0 Å². The van der Waals surface area contributed by atoms with Crippen LogP contribution in [0.15, 0.2) is 17.8 Å². The molecular formula is C14H22N4O3S2. The van der Waals surface area contributed by atoms with Crippen LogP contribution >= 0.6 is 11.8 Å². The fraction of sp³-hybridized carbons (Fsp3) is 0.643. The molecule has 0 bridgehead atoms. The van der Waals surface area contributed by atoms with E-state index >= 15 is 0 Å². The van der Waals surface area contributed by atoms with Gasteiger partial charge in [-0.3, -0.25) is 4.79 Å². The van der Waals surface area contributed by atoms with Crippen molar-refractivity contribution in [3.8, 4) is 0 Å². The van der Waals surface area contributed by atoms with Crippen molar-refractivity contribution in [2.24, 2.45) is 0 Å². The summed E-state index contributed by atoms with van der Waals surface area (Å²) in [7, 11) is 0.434. The third-order valence-corrected chi connectivity index (χ3v) is 6.56. The Labute approximate surface area is 141 Å². The normalized spacial score (nSPS) is 21.1. The lowest BCUT2D eigenvalue weighted by atomic mass is 10.1. The molecule has 2 atom stereocenters. The Kier molecular flexibility index (Phi) is 5.51. The molecule has 0 saturated carbocycles. The van der Waals surface area contributed by atoms with Gasteiger partial charge in [-0.05, 0) is 13.3 Å². The molecule has 0 unspecified atom stereocenters. The lowest BCUT2D eigenvalue weighted by molar-refractivity contribution is -0.127. The van der Waals surface area contributed by atoms with Crippen molar-refractivity contribution in [1.82, 2.24) is 19.7 Å². The van der Waals surface area contributed by atoms with Crippen LogP contribution < -0.4 is 0 Å². The number of aromatic nitrogens is 3. The highest BCUT2D eigenvalue weighted by Crippen LogP contribution is 2.31. The highest BCUT2D eigenvalue weighted by molar-refractivity contribution is 8.00. The molecule has 0 N–H and O–H groups in total. The first-order valence-corrected chi connectivity index (χ1v) is 10.1. The van der Waals surface area contributed by atoms with Crippen molar-refractivity contribution in [3.05, 3.63) is 18.5 Å². The minimum absolute atomic E-state index is 0.00635. The molecule has 0 aliphatic carbocycles. The lowest BCUT2D eigenvalue weighted by Crippen LogP contribution is -2.29. The summed E-state index contributed by atoms with van der Waals surface area (Å²) in [6.07, 6.45) is 2.28. The molecule has 1 aliphatic heterocycles. The van der Waals surface area contributed by atoms with Crippen molar-refractivity contribution in [1.29, 1.82) is 0 Å². The van der Waals surface area contributed by atoms with E-state index in [1.54, 1.807) is 20.2 Å². The molecule has 128 valence electrons. The summed E-state index contributed by atoms with van der Waals surface area (Å²) in [5.74, 6) is 0.822. The zero-order chi connectivity index (χ0) is 17.2. The first-order valence-electron chi connectivity index (χ1n) is 7.37. The zero-order valence-electron chi connectivity index (χ0n) is 13.6. The highest BCUT2D eigenvalue weighted by Gasteiger charge is 2.33. The fourth-order valence-electron chi connectivity index (χ4n) is 2.56. The molecule has 0 radical (unpaired) electrons. The summed E-state index contributed by atoms with van der Waals surface area (Å²) < 4.78 is 25.3. The largest absolute Gasteiger partial charge is 0.348 e. The van der Waals surface area contributed by atoms with Gasteiger partial charge in [0, 0.05) is 26.6 Å². The van der Waals surface area contributed by atoms with Gasteiger partial charge in [-0.25, -0.2) is 8.42 Å². The highest BCUT2D eigenvalue weighted by atomic mass is 32.2. The van der Waals surface area contributed by atoms with Crippen LogP contribution in [0, 0.1) is 0 Å². The Bertz CT molecular complexity index is 697. The maximum absolute atomic E-state index is 12.0. The fourth-order valence-corrected chi connectivity index (χ4v) is 5.31. The number of hydrogen-bond donors (Lipinski definition) is 0. The van der Waals surface area contributed by atoms with Gasteiger partial charge in [0.1, 0.15) is 5.82 Å². The Morgan fingerprint density at radius 2 is 2.22 bits per heavy atom. The van der Waals surface area contributed by atoms with Gasteiger partial charge in [0.2, 0.25) is 5.91 Å². The number of rotatable bonds is 6. The number of allylic oxidation sites excluding steroid dienone is 1. The van der Waals surface area contributed by atoms with Crippen LogP contribution in [0.1, 0.15) is 25.1 Å². The Hall–Kier alpha value is -1.35. The molecule has 1 saturated heterocycles. The van der Waals surface area contributed by atoms with Crippen molar-refractivity contribution < 1.29 is 13.2 Å². The summed E-state index contributed by atoms with van der Waals surface area (Å²) >= 11 is 1.33. The zero-order valence-corrected chi connectivity index (χ0v) is 15.2. The van der Waals surface area contributed by atoms with E-state index in [-0.39, 0.29) is 28.6 Å². The predicted octanol–water partition coefficient (Wildman–Crippen LogP) is 0.935. The second-order valence-corrected chi connectivity index (χ2v) is 9.37. The SMILES string of the molecule is C=CCn1c(S[C@H](C)C(=O)N(C)C)nnc1[C@@H]1CCS(=O)(=O)C1. The van der Waals surface area contributed by atoms with E-state index < -0.39 is 9.84 Å². The number of hydrogen-bond acceptors (Lipinski definition) is 6. The van der Waals surface area contributed by atoms with E-state index in [2.05, 4.69) is 16.8 Å². The Morgan fingerprint density at radius 3 is 2.74 bits per heavy atom. The minimum Gasteiger partial charge on any atom is -0.348 e. The van der Waals surface area contributed by atoms with Crippen LogP contribution in [0.4, 0.5) is 0 Å². The monoisotopic (exact) mass is 358 g/mol. The van der Waals surface area contributed by atoms with E-state index in [1.165, 1.54) is 16.7 Å². The number of sulfone groups is 1. The van der Waals surface area contributed by atoms with Crippen LogP contribution in [-0.2, 0) is 21.2 Å². The van der Waals surface area contributed by atoms with Gasteiger partial charge < -0.3 is 9.47 Å². The molecule has 1 aromatic rings. The second kappa shape index (κ2) is 7.04. The average molecular weight is 358 g/mol. The summed E-state index contributed by atoms with van der Waals surface area (Å²) in [6, 6.07) is 0. The summed E-state index contributed by atoms with van der Waals surface area (Å²) in [5.41, 5.74) is 0. The van der Waals surface area contributed by atoms with Crippen LogP contribution in [-0.4, -0.2) is 64.8 Å². The quantitative estimate of drug-likeness (QED) is 0.556. The molecule has 0 aromatic carbocycles. The molecule has 9 heteroatoms. The second-order valence-electron chi connectivity index (χ2n) is 5.83. The van der Waals surface area contributed by atoms with Crippen LogP contribution in [0.25, 0.3) is 0 Å². The standard InChI is InChI=1S/C14H22N4O3S2/c1-5-7-18-12(11-6-8-23(20,21)9-11)15-16-14(18)22-10(2)13(19)17(3)4/h5,10-11H,1,6-9H2,2-4H3/t10-,11-/m1/s1. The van der Waals surface area contributed by atoms with Crippen molar-refractivity contribution in [3.63, 3.8) is 0 Å². The van der Waals surface area contributed by atoms with E-state index in [0.29, 0.717) is 23.9 Å². The minimum atomic E-state index is -2.99. The van der Waals surface area contributed by atoms with Crippen molar-refractivity contribution >= 4 is 27.5 Å². The molecular weight excluding hydrogens is 336 g/mol. The Balaban J connectivity index is 2.25. The van der Waals surface area contributed by atoms with Crippen molar-refractivity contribution in [2.45, 2.75) is 36.2 Å². The first-order chi connectivity index (χ1) is 10.7. The van der Waals surface area contributed by atoms with E-state index in [9.17, 15) is 13.2 Å². The molecule has 23 heavy (non-hydrogen) atoms. The molecule has 2 rings (SSSR count). The predicted molar refractivity (Wildman–Crippen MR) is 90.2 cm³/mol. The van der Waals surface area contributed by atoms with Gasteiger partial charge in [-0.2, -0.15) is 0 Å². The summed E-state index contributed by atoms with van der Waals surface area (Å²) in [5, 5.41) is 8.69. The lowest BCUT2D eigenvalue weighted by Gasteiger charge is -2.17. The number of thioether (sulfide) groups is 1. The number of carbonyl (C=O) groups is 1. The third kappa shape index (κ3) is 4.14. The molecule has 1 amide bonds. The topological polar surface area (TPSA) is 85.2 Å². The Morgan fingerprint density at radius 1 is 1.52 bits per heavy atom. The van der Waals surface area contributed by atoms with Gasteiger partial charge >= 0.3 is 0 Å². The van der Waals surface area contributed by atoms with Gasteiger partial charge in [-0.15, -0.1) is 16.8 Å². The van der Waals surface area contributed by atoms with Crippen LogP contribution in [0.3, 0.4) is 0 Å². The van der Waals surface area contributed by atoms with Crippen molar-refractivity contribution in [2.75, 3.05) is 25.6 Å². The van der Waals surface area contributed by atoms with E-state index in [1.807, 2.05) is 11.5 Å². The number of carbonyl (C=O) groups excluding carboxylic acids is 1. The summed E-state index contributed by atoms with van der Waals surface area (Å²) in [6.45, 7) is 6.05.